The first-order chi connectivity index (χ1) is 7.72. The van der Waals surface area contributed by atoms with Gasteiger partial charge in [0.2, 0.25) is 0 Å². The first-order valence-corrected chi connectivity index (χ1v) is 6.29. The maximum atomic E-state index is 6.01. The fourth-order valence-electron chi connectivity index (χ4n) is 2.82. The molecule has 88 valence electrons. The smallest absolute Gasteiger partial charge is 0.0382 e. The van der Waals surface area contributed by atoms with Crippen LogP contribution >= 0.6 is 0 Å². The second kappa shape index (κ2) is 4.98. The van der Waals surface area contributed by atoms with Crippen molar-refractivity contribution in [3.63, 3.8) is 0 Å². The molecule has 2 atom stereocenters. The third-order valence-electron chi connectivity index (χ3n) is 3.69. The highest BCUT2D eigenvalue weighted by molar-refractivity contribution is 5.33. The van der Waals surface area contributed by atoms with Gasteiger partial charge in [-0.2, -0.15) is 0 Å². The Hall–Kier alpha value is -0.860. The molecule has 0 amide bonds. The van der Waals surface area contributed by atoms with E-state index in [1.807, 2.05) is 5.01 Å². The van der Waals surface area contributed by atoms with Gasteiger partial charge in [-0.05, 0) is 17.0 Å². The number of hydrogen-bond donors (Lipinski definition) is 1. The van der Waals surface area contributed by atoms with Gasteiger partial charge in [-0.1, -0.05) is 51.0 Å². The number of hydrogen-bond acceptors (Lipinski definition) is 2. The summed E-state index contributed by atoms with van der Waals surface area (Å²) in [6.07, 6.45) is 2.54. The highest BCUT2D eigenvalue weighted by Gasteiger charge is 2.27. The summed E-state index contributed by atoms with van der Waals surface area (Å²) < 4.78 is 0. The van der Waals surface area contributed by atoms with Crippen LogP contribution in [0.4, 0.5) is 0 Å². The van der Waals surface area contributed by atoms with Gasteiger partial charge in [0.15, 0.2) is 0 Å². The molecule has 0 bridgehead atoms. The fraction of sp³-hybridized carbons (Fsp3) is 0.571. The second-order valence-corrected chi connectivity index (χ2v) is 5.00. The Morgan fingerprint density at radius 2 is 2.19 bits per heavy atom. The van der Waals surface area contributed by atoms with E-state index in [9.17, 15) is 0 Å². The van der Waals surface area contributed by atoms with Crippen LogP contribution < -0.4 is 5.84 Å². The van der Waals surface area contributed by atoms with E-state index in [2.05, 4.69) is 38.1 Å². The third-order valence-corrected chi connectivity index (χ3v) is 3.69. The molecule has 0 saturated heterocycles. The quantitative estimate of drug-likeness (QED) is 0.790. The highest BCUT2D eigenvalue weighted by atomic mass is 15.4. The lowest BCUT2D eigenvalue weighted by molar-refractivity contribution is 0.206. The van der Waals surface area contributed by atoms with E-state index in [0.29, 0.717) is 5.92 Å². The van der Waals surface area contributed by atoms with Crippen molar-refractivity contribution in [3.05, 3.63) is 35.4 Å². The van der Waals surface area contributed by atoms with Gasteiger partial charge in [0, 0.05) is 19.0 Å². The molecule has 2 N–H and O–H groups in total. The molecular weight excluding hydrogens is 196 g/mol. The molecule has 2 unspecified atom stereocenters. The number of rotatable bonds is 3. The van der Waals surface area contributed by atoms with Gasteiger partial charge >= 0.3 is 0 Å². The van der Waals surface area contributed by atoms with Crippen LogP contribution in [-0.4, -0.2) is 11.6 Å². The van der Waals surface area contributed by atoms with Crippen molar-refractivity contribution in [1.29, 1.82) is 0 Å². The molecule has 0 aliphatic carbocycles. The monoisotopic (exact) mass is 218 g/mol. The van der Waals surface area contributed by atoms with E-state index in [1.165, 1.54) is 24.0 Å². The Morgan fingerprint density at radius 1 is 1.44 bits per heavy atom. The Labute approximate surface area is 98.4 Å². The molecule has 2 rings (SSSR count). The van der Waals surface area contributed by atoms with E-state index < -0.39 is 0 Å². The number of benzene rings is 1. The molecule has 0 fully saturated rings. The van der Waals surface area contributed by atoms with Crippen LogP contribution in [-0.2, 0) is 6.54 Å². The summed E-state index contributed by atoms with van der Waals surface area (Å²) in [6.45, 7) is 6.50. The maximum Gasteiger partial charge on any atom is 0.0382 e. The average Bonchev–Trinajstić information content (AvgIpc) is 2.28. The van der Waals surface area contributed by atoms with Crippen LogP contribution in [0.5, 0.6) is 0 Å². The molecule has 1 heterocycles. The molecule has 0 saturated carbocycles. The van der Waals surface area contributed by atoms with E-state index in [-0.39, 0.29) is 0 Å². The average molecular weight is 218 g/mol. The standard InChI is InChI=1S/C14H22N2/c1-3-6-11(2)14-10-16(15)9-12-7-4-5-8-13(12)14/h4-5,7-8,11,14H,3,6,9-10,15H2,1-2H3. The lowest BCUT2D eigenvalue weighted by Gasteiger charge is -2.35. The molecule has 2 heteroatoms. The van der Waals surface area contributed by atoms with E-state index in [4.69, 9.17) is 5.84 Å². The number of nitrogens with zero attached hydrogens (tertiary/aromatic N) is 1. The number of fused-ring (bicyclic) bond motifs is 1. The molecular formula is C14H22N2. The molecule has 1 aliphatic rings. The molecule has 16 heavy (non-hydrogen) atoms. The Bertz CT molecular complexity index is 348. The van der Waals surface area contributed by atoms with Gasteiger partial charge < -0.3 is 0 Å². The third kappa shape index (κ3) is 2.28. The van der Waals surface area contributed by atoms with Crippen LogP contribution in [0.25, 0.3) is 0 Å². The lowest BCUT2D eigenvalue weighted by Crippen LogP contribution is -2.40. The number of hydrazine groups is 1. The summed E-state index contributed by atoms with van der Waals surface area (Å²) in [5.41, 5.74) is 2.93. The van der Waals surface area contributed by atoms with Crippen molar-refractivity contribution in [2.24, 2.45) is 11.8 Å². The van der Waals surface area contributed by atoms with Gasteiger partial charge in [-0.15, -0.1) is 0 Å². The van der Waals surface area contributed by atoms with Crippen LogP contribution in [0.3, 0.4) is 0 Å². The molecule has 0 radical (unpaired) electrons. The van der Waals surface area contributed by atoms with Gasteiger partial charge in [0.1, 0.15) is 0 Å². The first-order valence-electron chi connectivity index (χ1n) is 6.29. The Morgan fingerprint density at radius 3 is 2.94 bits per heavy atom. The molecule has 0 aromatic heterocycles. The summed E-state index contributed by atoms with van der Waals surface area (Å²) in [7, 11) is 0. The Kier molecular flexibility index (Phi) is 3.62. The van der Waals surface area contributed by atoms with Crippen LogP contribution in [0.15, 0.2) is 24.3 Å². The summed E-state index contributed by atoms with van der Waals surface area (Å²) in [5, 5.41) is 1.96. The molecule has 1 aliphatic heterocycles. The van der Waals surface area contributed by atoms with Gasteiger partial charge in [-0.3, -0.25) is 5.84 Å². The van der Waals surface area contributed by atoms with Gasteiger partial charge in [0.05, 0.1) is 0 Å². The molecule has 0 spiro atoms. The minimum atomic E-state index is 0.606. The molecule has 2 nitrogen and oxygen atoms in total. The van der Waals surface area contributed by atoms with Crippen LogP contribution in [0.1, 0.15) is 43.7 Å². The van der Waals surface area contributed by atoms with Crippen molar-refractivity contribution in [3.8, 4) is 0 Å². The zero-order chi connectivity index (χ0) is 11.5. The SMILES string of the molecule is CCCC(C)C1CN(N)Cc2ccccc21. The molecule has 1 aromatic rings. The predicted octanol–water partition coefficient (Wildman–Crippen LogP) is 2.90. The number of nitrogens with two attached hydrogens (primary N) is 1. The van der Waals surface area contributed by atoms with E-state index in [0.717, 1.165) is 19.0 Å². The predicted molar refractivity (Wildman–Crippen MR) is 67.9 cm³/mol. The summed E-state index contributed by atoms with van der Waals surface area (Å²) >= 11 is 0. The van der Waals surface area contributed by atoms with Crippen LogP contribution in [0.2, 0.25) is 0 Å². The van der Waals surface area contributed by atoms with E-state index in [1.54, 1.807) is 0 Å². The van der Waals surface area contributed by atoms with Gasteiger partial charge in [-0.25, -0.2) is 5.01 Å². The minimum Gasteiger partial charge on any atom is -0.268 e. The maximum absolute atomic E-state index is 6.01. The van der Waals surface area contributed by atoms with E-state index >= 15 is 0 Å². The zero-order valence-corrected chi connectivity index (χ0v) is 10.3. The largest absolute Gasteiger partial charge is 0.268 e. The molecule has 1 aromatic carbocycles. The highest BCUT2D eigenvalue weighted by Crippen LogP contribution is 2.34. The normalized spacial score (nSPS) is 22.8. The van der Waals surface area contributed by atoms with Crippen molar-refractivity contribution in [1.82, 2.24) is 5.01 Å². The second-order valence-electron chi connectivity index (χ2n) is 5.00. The lowest BCUT2D eigenvalue weighted by atomic mass is 9.80. The fourth-order valence-corrected chi connectivity index (χ4v) is 2.82. The minimum absolute atomic E-state index is 0.606. The van der Waals surface area contributed by atoms with Crippen molar-refractivity contribution < 1.29 is 0 Å². The zero-order valence-electron chi connectivity index (χ0n) is 10.3. The summed E-state index contributed by atoms with van der Waals surface area (Å²) in [5.74, 6) is 7.33. The van der Waals surface area contributed by atoms with Crippen LogP contribution in [0, 0.1) is 5.92 Å². The first kappa shape index (κ1) is 11.6. The Balaban J connectivity index is 2.26. The topological polar surface area (TPSA) is 29.3 Å². The van der Waals surface area contributed by atoms with Crippen molar-refractivity contribution >= 4 is 0 Å². The summed E-state index contributed by atoms with van der Waals surface area (Å²) in [6, 6.07) is 8.75. The van der Waals surface area contributed by atoms with Gasteiger partial charge in [0.25, 0.3) is 0 Å². The van der Waals surface area contributed by atoms with Crippen molar-refractivity contribution in [2.45, 2.75) is 39.2 Å². The van der Waals surface area contributed by atoms with Crippen molar-refractivity contribution in [2.75, 3.05) is 6.54 Å². The summed E-state index contributed by atoms with van der Waals surface area (Å²) in [4.78, 5) is 0.